The molecule has 12 heteroatoms. The van der Waals surface area contributed by atoms with Gasteiger partial charge in [0.05, 0.1) is 23.7 Å². The van der Waals surface area contributed by atoms with Crippen LogP contribution in [-0.2, 0) is 15.0 Å². The molecule has 2 aliphatic carbocycles. The van der Waals surface area contributed by atoms with E-state index in [1.165, 1.54) is 50.0 Å². The molecule has 3 fully saturated rings. The van der Waals surface area contributed by atoms with Crippen LogP contribution in [0.2, 0.25) is 0 Å². The molecule has 3 heterocycles. The maximum absolute atomic E-state index is 13.1. The van der Waals surface area contributed by atoms with Gasteiger partial charge in [0.2, 0.25) is 5.91 Å². The Bertz CT molecular complexity index is 1810. The van der Waals surface area contributed by atoms with Gasteiger partial charge in [0.1, 0.15) is 5.75 Å². The maximum atomic E-state index is 13.1. The molecule has 0 unspecified atom stereocenters. The zero-order valence-electron chi connectivity index (χ0n) is 25.9. The lowest BCUT2D eigenvalue weighted by molar-refractivity contribution is -0.192. The zero-order valence-corrected chi connectivity index (χ0v) is 25.9. The molecule has 9 nitrogen and oxygen atoms in total. The van der Waals surface area contributed by atoms with E-state index in [2.05, 4.69) is 62.7 Å². The first kappa shape index (κ1) is 31.0. The number of hydrogen-bond donors (Lipinski definition) is 3. The van der Waals surface area contributed by atoms with Crippen molar-refractivity contribution in [2.24, 2.45) is 0 Å². The predicted octanol–water partition coefficient (Wildman–Crippen LogP) is 6.31. The third-order valence-electron chi connectivity index (χ3n) is 10.2. The van der Waals surface area contributed by atoms with E-state index in [4.69, 9.17) is 19.7 Å². The van der Waals surface area contributed by atoms with Crippen LogP contribution < -0.4 is 15.0 Å². The molecule has 8 rings (SSSR count). The summed E-state index contributed by atoms with van der Waals surface area (Å²) in [7, 11) is 1.66. The third-order valence-corrected chi connectivity index (χ3v) is 10.2. The van der Waals surface area contributed by atoms with E-state index in [0.717, 1.165) is 64.7 Å². The minimum absolute atomic E-state index is 0.0891. The highest BCUT2D eigenvalue weighted by molar-refractivity contribution is 6.10. The molecule has 2 atom stereocenters. The Morgan fingerprint density at radius 1 is 1.00 bits per heavy atom. The van der Waals surface area contributed by atoms with Gasteiger partial charge in [0, 0.05) is 60.5 Å². The minimum Gasteiger partial charge on any atom is -0.497 e. The number of ether oxygens (including phenoxy) is 1. The van der Waals surface area contributed by atoms with Gasteiger partial charge in [0.15, 0.2) is 0 Å². The number of H-pyrrole nitrogens is 1. The summed E-state index contributed by atoms with van der Waals surface area (Å²) in [5, 5.41) is 19.3. The summed E-state index contributed by atoms with van der Waals surface area (Å²) in [6.45, 7) is 4.54. The van der Waals surface area contributed by atoms with Crippen LogP contribution in [0.4, 0.5) is 24.5 Å². The number of aliphatic carboxylic acids is 1. The summed E-state index contributed by atoms with van der Waals surface area (Å²) < 4.78 is 37.2. The van der Waals surface area contributed by atoms with Crippen LogP contribution in [0, 0.1) is 0 Å². The Balaban J connectivity index is 0.000000455. The highest BCUT2D eigenvalue weighted by atomic mass is 19.4. The molecule has 1 saturated heterocycles. The second-order valence-electron chi connectivity index (χ2n) is 12.8. The molecule has 0 bridgehead atoms. The van der Waals surface area contributed by atoms with Crippen molar-refractivity contribution in [1.29, 1.82) is 0 Å². The standard InChI is InChI=1S/C33H35N5O2.C2HF3O2/c1-40-25-11-13-29-27(19-25)33(32(39)34-29)20-28(33)22-8-12-26-30(18-22)35-36-31(26)21-6-9-24(10-7-21)38-16-14-37(15-17-38)23-4-2-3-5-23;3-2(4,5)1(6)7/h6-13,18-19,23,28H,2-5,14-17,20H2,1H3,(H,34,39)(H,35,36);(H,6,7)/t28-,33-;/m0./s1. The third kappa shape index (κ3) is 5.68. The van der Waals surface area contributed by atoms with Gasteiger partial charge in [0.25, 0.3) is 0 Å². The molecular formula is C35H36F3N5O4. The predicted molar refractivity (Wildman–Crippen MR) is 172 cm³/mol. The second kappa shape index (κ2) is 11.9. The average molecular weight is 648 g/mol. The van der Waals surface area contributed by atoms with E-state index in [1.807, 2.05) is 18.2 Å². The molecule has 2 aliphatic heterocycles. The largest absolute Gasteiger partial charge is 0.497 e. The van der Waals surface area contributed by atoms with E-state index in [9.17, 15) is 18.0 Å². The van der Waals surface area contributed by atoms with Crippen LogP contribution in [0.5, 0.6) is 5.75 Å². The number of hydrogen-bond acceptors (Lipinski definition) is 6. The molecule has 3 aromatic carbocycles. The van der Waals surface area contributed by atoms with E-state index in [0.29, 0.717) is 0 Å². The Morgan fingerprint density at radius 2 is 1.70 bits per heavy atom. The summed E-state index contributed by atoms with van der Waals surface area (Å²) in [5.41, 5.74) is 7.00. The van der Waals surface area contributed by atoms with Crippen molar-refractivity contribution in [2.45, 2.75) is 55.7 Å². The molecule has 0 radical (unpaired) electrons. The van der Waals surface area contributed by atoms with Gasteiger partial charge in [-0.25, -0.2) is 4.79 Å². The van der Waals surface area contributed by atoms with Crippen molar-refractivity contribution < 1.29 is 32.6 Å². The number of halogens is 3. The van der Waals surface area contributed by atoms with Crippen molar-refractivity contribution in [3.05, 3.63) is 71.8 Å². The molecule has 2 saturated carbocycles. The number of aromatic nitrogens is 2. The number of fused-ring (bicyclic) bond motifs is 3. The van der Waals surface area contributed by atoms with E-state index < -0.39 is 17.6 Å². The summed E-state index contributed by atoms with van der Waals surface area (Å²) in [6, 6.07) is 22.1. The normalized spacial score (nSPS) is 22.6. The highest BCUT2D eigenvalue weighted by Gasteiger charge is 2.65. The number of benzene rings is 3. The average Bonchev–Trinajstić information content (AvgIpc) is 3.35. The molecule has 246 valence electrons. The number of rotatable bonds is 5. The van der Waals surface area contributed by atoms with Gasteiger partial charge in [-0.05, 0) is 66.8 Å². The fraction of sp³-hybridized carbons (Fsp3) is 0.400. The summed E-state index contributed by atoms with van der Waals surface area (Å²) in [5.74, 6) is -1.74. The van der Waals surface area contributed by atoms with Crippen molar-refractivity contribution in [3.63, 3.8) is 0 Å². The highest BCUT2D eigenvalue weighted by Crippen LogP contribution is 2.65. The molecule has 1 spiro atoms. The number of aromatic amines is 1. The molecule has 4 aromatic rings. The van der Waals surface area contributed by atoms with Gasteiger partial charge in [-0.15, -0.1) is 0 Å². The number of piperazine rings is 1. The number of nitrogens with one attached hydrogen (secondary N) is 2. The van der Waals surface area contributed by atoms with Gasteiger partial charge in [-0.2, -0.15) is 18.3 Å². The smallest absolute Gasteiger partial charge is 0.490 e. The number of alkyl halides is 3. The van der Waals surface area contributed by atoms with Crippen LogP contribution in [-0.4, -0.2) is 77.6 Å². The number of amides is 1. The van der Waals surface area contributed by atoms with Crippen molar-refractivity contribution >= 4 is 34.2 Å². The number of methoxy groups -OCH3 is 1. The number of carbonyl (C=O) groups excluding carboxylic acids is 1. The van der Waals surface area contributed by atoms with Crippen LogP contribution in [0.25, 0.3) is 22.2 Å². The summed E-state index contributed by atoms with van der Waals surface area (Å²) >= 11 is 0. The van der Waals surface area contributed by atoms with E-state index >= 15 is 0 Å². The summed E-state index contributed by atoms with van der Waals surface area (Å²) in [4.78, 5) is 27.2. The first-order chi connectivity index (χ1) is 22.6. The van der Waals surface area contributed by atoms with Gasteiger partial charge in [-0.1, -0.05) is 37.1 Å². The number of carboxylic acids is 1. The monoisotopic (exact) mass is 647 g/mol. The fourth-order valence-corrected chi connectivity index (χ4v) is 7.62. The Labute approximate surface area is 269 Å². The van der Waals surface area contributed by atoms with Crippen molar-refractivity contribution in [2.75, 3.05) is 43.5 Å². The molecule has 1 amide bonds. The molecule has 47 heavy (non-hydrogen) atoms. The molecule has 3 N–H and O–H groups in total. The lowest BCUT2D eigenvalue weighted by Gasteiger charge is -2.39. The number of nitrogens with zero attached hydrogens (tertiary/aromatic N) is 3. The van der Waals surface area contributed by atoms with Crippen molar-refractivity contribution in [1.82, 2.24) is 15.1 Å². The zero-order chi connectivity index (χ0) is 32.9. The molecule has 4 aliphatic rings. The van der Waals surface area contributed by atoms with Gasteiger partial charge < -0.3 is 20.1 Å². The summed E-state index contributed by atoms with van der Waals surface area (Å²) in [6.07, 6.45) is 1.29. The lowest BCUT2D eigenvalue weighted by Crippen LogP contribution is -2.49. The van der Waals surface area contributed by atoms with Crippen LogP contribution in [0.3, 0.4) is 0 Å². The van der Waals surface area contributed by atoms with E-state index in [1.54, 1.807) is 7.11 Å². The quantitative estimate of drug-likeness (QED) is 0.233. The Kier molecular flexibility index (Phi) is 7.86. The second-order valence-corrected chi connectivity index (χ2v) is 12.8. The Hall–Kier alpha value is -4.58. The van der Waals surface area contributed by atoms with Gasteiger partial charge >= 0.3 is 12.1 Å². The maximum Gasteiger partial charge on any atom is 0.490 e. The first-order valence-electron chi connectivity index (χ1n) is 16.0. The minimum atomic E-state index is -5.08. The Morgan fingerprint density at radius 3 is 2.36 bits per heavy atom. The SMILES string of the molecule is COc1ccc2c(c1)[C@]1(C[C@H]1c1ccc3c(-c4ccc(N5CCN(C6CCCC6)CC5)cc4)n[nH]c3c1)C(=O)N2.O=C(O)C(F)(F)F. The van der Waals surface area contributed by atoms with Crippen molar-refractivity contribution in [3.8, 4) is 17.0 Å². The topological polar surface area (TPSA) is 111 Å². The van der Waals surface area contributed by atoms with Crippen LogP contribution >= 0.6 is 0 Å². The molecular weight excluding hydrogens is 611 g/mol. The fourth-order valence-electron chi connectivity index (χ4n) is 7.62. The number of carboxylic acid groups (broad SMARTS) is 1. The number of anilines is 2. The first-order valence-corrected chi connectivity index (χ1v) is 16.0. The van der Waals surface area contributed by atoms with Gasteiger partial charge in [-0.3, -0.25) is 14.8 Å². The molecule has 1 aromatic heterocycles. The lowest BCUT2D eigenvalue weighted by atomic mass is 9.91. The number of carbonyl (C=O) groups is 2. The van der Waals surface area contributed by atoms with E-state index in [-0.39, 0.29) is 11.8 Å². The van der Waals surface area contributed by atoms with Crippen LogP contribution in [0.15, 0.2) is 60.7 Å². The van der Waals surface area contributed by atoms with Crippen LogP contribution in [0.1, 0.15) is 49.1 Å².